The van der Waals surface area contributed by atoms with Crippen molar-refractivity contribution in [1.29, 1.82) is 0 Å². The van der Waals surface area contributed by atoms with Crippen LogP contribution in [0.1, 0.15) is 28.8 Å². The number of hydrogen-bond donors (Lipinski definition) is 0. The second kappa shape index (κ2) is 6.84. The van der Waals surface area contributed by atoms with Gasteiger partial charge in [0.1, 0.15) is 0 Å². The molecule has 0 radical (unpaired) electrons. The summed E-state index contributed by atoms with van der Waals surface area (Å²) >= 11 is 6.15. The van der Waals surface area contributed by atoms with Crippen molar-refractivity contribution in [3.05, 3.63) is 58.6 Å². The lowest BCUT2D eigenvalue weighted by molar-refractivity contribution is -0.117. The summed E-state index contributed by atoms with van der Waals surface area (Å²) < 4.78 is 10.6. The number of rotatable bonds is 4. The molecule has 0 saturated carbocycles. The van der Waals surface area contributed by atoms with Crippen molar-refractivity contribution >= 4 is 35.1 Å². The molecule has 2 aromatic carbocycles. The first kappa shape index (κ1) is 16.7. The molecule has 5 nitrogen and oxygen atoms in total. The number of halogens is 1. The van der Waals surface area contributed by atoms with E-state index in [1.165, 1.54) is 6.08 Å². The molecule has 2 heterocycles. The Bertz CT molecular complexity index is 922. The fraction of sp³-hybridized carbons (Fsp3) is 0.200. The van der Waals surface area contributed by atoms with Gasteiger partial charge in [0.2, 0.25) is 12.7 Å². The van der Waals surface area contributed by atoms with Gasteiger partial charge in [-0.1, -0.05) is 29.8 Å². The highest BCUT2D eigenvalue weighted by atomic mass is 35.5. The molecule has 132 valence electrons. The Balaban J connectivity index is 1.54. The number of nitrogens with zero attached hydrogens (tertiary/aromatic N) is 1. The van der Waals surface area contributed by atoms with E-state index in [9.17, 15) is 9.59 Å². The summed E-state index contributed by atoms with van der Waals surface area (Å²) in [5.41, 5.74) is 2.04. The molecule has 1 saturated heterocycles. The third-order valence-corrected chi connectivity index (χ3v) is 4.67. The molecule has 0 aliphatic carbocycles. The summed E-state index contributed by atoms with van der Waals surface area (Å²) in [6.45, 7) is 0.838. The van der Waals surface area contributed by atoms with Crippen LogP contribution in [0.5, 0.6) is 11.5 Å². The minimum Gasteiger partial charge on any atom is -0.454 e. The highest BCUT2D eigenvalue weighted by Crippen LogP contribution is 2.40. The molecule has 26 heavy (non-hydrogen) atoms. The normalized spacial score (nSPS) is 15.9. The predicted octanol–water partition coefficient (Wildman–Crippen LogP) is 4.09. The maximum absolute atomic E-state index is 12.5. The molecule has 0 bridgehead atoms. The average molecular weight is 370 g/mol. The summed E-state index contributed by atoms with van der Waals surface area (Å²) in [7, 11) is 0. The van der Waals surface area contributed by atoms with Crippen molar-refractivity contribution < 1.29 is 19.1 Å². The number of ketones is 1. The van der Waals surface area contributed by atoms with Crippen LogP contribution in [0.3, 0.4) is 0 Å². The van der Waals surface area contributed by atoms with E-state index in [0.717, 1.165) is 17.7 Å². The Labute approximate surface area is 155 Å². The van der Waals surface area contributed by atoms with Crippen LogP contribution in [0.4, 0.5) is 5.69 Å². The summed E-state index contributed by atoms with van der Waals surface area (Å²) in [6.07, 6.45) is 4.58. The molecule has 0 unspecified atom stereocenters. The molecule has 2 aliphatic heterocycles. The fourth-order valence-electron chi connectivity index (χ4n) is 3.10. The molecule has 2 aliphatic rings. The SMILES string of the molecule is O=C(/C=C/c1cc(Cl)c2c(c1)OCO2)c1cccc(N2CCCC2=O)c1. The van der Waals surface area contributed by atoms with Crippen molar-refractivity contribution in [2.75, 3.05) is 18.2 Å². The summed E-state index contributed by atoms with van der Waals surface area (Å²) in [5.74, 6) is 1.05. The highest BCUT2D eigenvalue weighted by Gasteiger charge is 2.22. The number of amides is 1. The van der Waals surface area contributed by atoms with Gasteiger partial charge in [-0.15, -0.1) is 0 Å². The minimum atomic E-state index is -0.146. The number of carbonyl (C=O) groups excluding carboxylic acids is 2. The van der Waals surface area contributed by atoms with Gasteiger partial charge in [-0.05, 0) is 42.3 Å². The zero-order valence-corrected chi connectivity index (χ0v) is 14.7. The van der Waals surface area contributed by atoms with Crippen LogP contribution in [-0.4, -0.2) is 25.0 Å². The lowest BCUT2D eigenvalue weighted by Gasteiger charge is -2.16. The number of ether oxygens (including phenoxy) is 2. The quantitative estimate of drug-likeness (QED) is 0.601. The maximum Gasteiger partial charge on any atom is 0.231 e. The van der Waals surface area contributed by atoms with Gasteiger partial charge in [-0.2, -0.15) is 0 Å². The number of fused-ring (bicyclic) bond motifs is 1. The topological polar surface area (TPSA) is 55.8 Å². The molecule has 6 heteroatoms. The van der Waals surface area contributed by atoms with E-state index in [4.69, 9.17) is 21.1 Å². The molecule has 0 atom stereocenters. The molecule has 1 amide bonds. The molecule has 4 rings (SSSR count). The van der Waals surface area contributed by atoms with Crippen LogP contribution in [-0.2, 0) is 4.79 Å². The van der Waals surface area contributed by atoms with Crippen LogP contribution in [0, 0.1) is 0 Å². The van der Waals surface area contributed by atoms with Gasteiger partial charge in [-0.25, -0.2) is 0 Å². The summed E-state index contributed by atoms with van der Waals surface area (Å²) in [6, 6.07) is 10.6. The molecule has 2 aromatic rings. The second-order valence-corrected chi connectivity index (χ2v) is 6.54. The first-order valence-electron chi connectivity index (χ1n) is 8.34. The summed E-state index contributed by atoms with van der Waals surface area (Å²) in [4.78, 5) is 26.1. The Morgan fingerprint density at radius 3 is 2.88 bits per heavy atom. The number of benzene rings is 2. The average Bonchev–Trinajstić information content (AvgIpc) is 3.29. The van der Waals surface area contributed by atoms with E-state index in [2.05, 4.69) is 0 Å². The van der Waals surface area contributed by atoms with Gasteiger partial charge < -0.3 is 14.4 Å². The van der Waals surface area contributed by atoms with Crippen LogP contribution in [0.15, 0.2) is 42.5 Å². The predicted molar refractivity (Wildman–Crippen MR) is 99.0 cm³/mol. The van der Waals surface area contributed by atoms with Gasteiger partial charge in [0.05, 0.1) is 5.02 Å². The van der Waals surface area contributed by atoms with Crippen molar-refractivity contribution in [1.82, 2.24) is 0 Å². The largest absolute Gasteiger partial charge is 0.454 e. The Morgan fingerprint density at radius 1 is 1.19 bits per heavy atom. The van der Waals surface area contributed by atoms with Crippen molar-refractivity contribution in [2.45, 2.75) is 12.8 Å². The van der Waals surface area contributed by atoms with Crippen molar-refractivity contribution in [3.8, 4) is 11.5 Å². The van der Waals surface area contributed by atoms with E-state index in [1.54, 1.807) is 41.3 Å². The molecule has 1 fully saturated rings. The molecule has 0 N–H and O–H groups in total. The van der Waals surface area contributed by atoms with Gasteiger partial charge in [0, 0.05) is 24.2 Å². The fourth-order valence-corrected chi connectivity index (χ4v) is 3.37. The van der Waals surface area contributed by atoms with Crippen LogP contribution in [0.25, 0.3) is 6.08 Å². The Kier molecular flexibility index (Phi) is 4.39. The molecule has 0 spiro atoms. The van der Waals surface area contributed by atoms with Crippen LogP contribution < -0.4 is 14.4 Å². The van der Waals surface area contributed by atoms with Crippen LogP contribution >= 0.6 is 11.6 Å². The van der Waals surface area contributed by atoms with E-state index in [1.807, 2.05) is 6.07 Å². The first-order valence-corrected chi connectivity index (χ1v) is 8.71. The first-order chi connectivity index (χ1) is 12.6. The number of allylic oxidation sites excluding steroid dienone is 1. The highest BCUT2D eigenvalue weighted by molar-refractivity contribution is 6.32. The monoisotopic (exact) mass is 369 g/mol. The lowest BCUT2D eigenvalue weighted by Crippen LogP contribution is -2.23. The number of anilines is 1. The summed E-state index contributed by atoms with van der Waals surface area (Å²) in [5, 5.41) is 0.446. The van der Waals surface area contributed by atoms with Crippen molar-refractivity contribution in [3.63, 3.8) is 0 Å². The molecule has 0 aromatic heterocycles. The Hall–Kier alpha value is -2.79. The number of carbonyl (C=O) groups is 2. The second-order valence-electron chi connectivity index (χ2n) is 6.13. The minimum absolute atomic E-state index is 0.0974. The third kappa shape index (κ3) is 3.18. The van der Waals surface area contributed by atoms with Gasteiger partial charge in [0.25, 0.3) is 0 Å². The number of hydrogen-bond acceptors (Lipinski definition) is 4. The van der Waals surface area contributed by atoms with E-state index < -0.39 is 0 Å². The smallest absolute Gasteiger partial charge is 0.231 e. The maximum atomic E-state index is 12.5. The third-order valence-electron chi connectivity index (χ3n) is 4.39. The van der Waals surface area contributed by atoms with Crippen LogP contribution in [0.2, 0.25) is 5.02 Å². The van der Waals surface area contributed by atoms with Gasteiger partial charge in [0.15, 0.2) is 17.3 Å². The molecular weight excluding hydrogens is 354 g/mol. The molecular formula is C20H16ClNO4. The van der Waals surface area contributed by atoms with E-state index in [0.29, 0.717) is 35.1 Å². The standard InChI is InChI=1S/C20H16ClNO4/c21-16-9-13(10-18-20(16)26-12-25-18)6-7-17(23)14-3-1-4-15(11-14)22-8-2-5-19(22)24/h1,3-4,6-7,9-11H,2,5,8,12H2/b7-6+. The Morgan fingerprint density at radius 2 is 2.08 bits per heavy atom. The van der Waals surface area contributed by atoms with E-state index >= 15 is 0 Å². The van der Waals surface area contributed by atoms with E-state index in [-0.39, 0.29) is 18.5 Å². The lowest BCUT2D eigenvalue weighted by atomic mass is 10.1. The zero-order chi connectivity index (χ0) is 18.1. The van der Waals surface area contributed by atoms with Gasteiger partial charge >= 0.3 is 0 Å². The zero-order valence-electron chi connectivity index (χ0n) is 13.9. The van der Waals surface area contributed by atoms with Gasteiger partial charge in [-0.3, -0.25) is 9.59 Å². The van der Waals surface area contributed by atoms with Crippen molar-refractivity contribution in [2.24, 2.45) is 0 Å².